The van der Waals surface area contributed by atoms with Crippen LogP contribution in [0, 0.1) is 0 Å². The number of hydrogen-bond acceptors (Lipinski definition) is 1. The van der Waals surface area contributed by atoms with Crippen molar-refractivity contribution in [2.75, 3.05) is 0 Å². The molecule has 198 valence electrons. The molecule has 0 nitrogen and oxygen atoms in total. The highest BCUT2D eigenvalue weighted by molar-refractivity contribution is 7.25. The first-order valence-corrected chi connectivity index (χ1v) is 15.5. The zero-order valence-electron chi connectivity index (χ0n) is 23.6. The molecule has 0 saturated heterocycles. The molecule has 0 amide bonds. The standard InChI is InChI=1S/C41H28S/c1-41(2)35-17-9-7-11-27(35)28-21-19-26(24-36(28)41)40-32-15-5-3-13-30(32)39(31-14-4-6-16-33(31)40)25-20-22-38-34(23-25)29-12-8-10-18-37(29)42-38/h3-24H,1-2H3. The van der Waals surface area contributed by atoms with E-state index in [-0.39, 0.29) is 5.41 Å². The summed E-state index contributed by atoms with van der Waals surface area (Å²) in [5.74, 6) is 0. The van der Waals surface area contributed by atoms with E-state index in [1.54, 1.807) is 0 Å². The maximum atomic E-state index is 2.47. The normalized spacial score (nSPS) is 13.7. The molecule has 0 fully saturated rings. The van der Waals surface area contributed by atoms with Crippen LogP contribution in [0.25, 0.3) is 75.1 Å². The Hall–Kier alpha value is -4.72. The Bertz CT molecular complexity index is 2330. The number of fused-ring (bicyclic) bond motifs is 8. The summed E-state index contributed by atoms with van der Waals surface area (Å²) in [5.41, 5.74) is 10.7. The van der Waals surface area contributed by atoms with Crippen molar-refractivity contribution in [3.63, 3.8) is 0 Å². The molecule has 9 rings (SSSR count). The zero-order valence-corrected chi connectivity index (χ0v) is 24.4. The SMILES string of the molecule is CC1(C)c2ccccc2-c2ccc(-c3c4ccccc4c(-c4ccc5sc6ccccc6c5c4)c4ccccc34)cc21. The second-order valence-electron chi connectivity index (χ2n) is 12.1. The van der Waals surface area contributed by atoms with E-state index in [9.17, 15) is 0 Å². The summed E-state index contributed by atoms with van der Waals surface area (Å²) in [6.45, 7) is 4.73. The molecule has 1 aliphatic carbocycles. The Labute approximate surface area is 249 Å². The van der Waals surface area contributed by atoms with Crippen LogP contribution in [0.4, 0.5) is 0 Å². The van der Waals surface area contributed by atoms with Crippen molar-refractivity contribution < 1.29 is 0 Å². The maximum Gasteiger partial charge on any atom is 0.0355 e. The maximum absolute atomic E-state index is 2.47. The molecule has 0 radical (unpaired) electrons. The smallest absolute Gasteiger partial charge is 0.0355 e. The van der Waals surface area contributed by atoms with Gasteiger partial charge in [0.2, 0.25) is 0 Å². The molecule has 0 unspecified atom stereocenters. The molecule has 1 heterocycles. The first kappa shape index (κ1) is 23.9. The van der Waals surface area contributed by atoms with Crippen molar-refractivity contribution in [2.45, 2.75) is 19.3 Å². The first-order valence-electron chi connectivity index (χ1n) is 14.7. The minimum Gasteiger partial charge on any atom is -0.135 e. The van der Waals surface area contributed by atoms with Crippen LogP contribution in [0.15, 0.2) is 133 Å². The Morgan fingerprint density at radius 3 is 1.60 bits per heavy atom. The fraction of sp³-hybridized carbons (Fsp3) is 0.0732. The van der Waals surface area contributed by atoms with Crippen LogP contribution in [0.2, 0.25) is 0 Å². The van der Waals surface area contributed by atoms with Crippen LogP contribution in [0.5, 0.6) is 0 Å². The Morgan fingerprint density at radius 2 is 0.905 bits per heavy atom. The van der Waals surface area contributed by atoms with Crippen LogP contribution in [-0.4, -0.2) is 0 Å². The molecule has 7 aromatic carbocycles. The van der Waals surface area contributed by atoms with Gasteiger partial charge in [0.25, 0.3) is 0 Å². The first-order chi connectivity index (χ1) is 20.6. The lowest BCUT2D eigenvalue weighted by molar-refractivity contribution is 0.660. The van der Waals surface area contributed by atoms with Crippen molar-refractivity contribution in [3.05, 3.63) is 145 Å². The zero-order chi connectivity index (χ0) is 28.0. The van der Waals surface area contributed by atoms with E-state index in [4.69, 9.17) is 0 Å². The number of rotatable bonds is 2. The molecule has 1 aromatic heterocycles. The van der Waals surface area contributed by atoms with Gasteiger partial charge in [0.15, 0.2) is 0 Å². The van der Waals surface area contributed by atoms with Crippen molar-refractivity contribution in [3.8, 4) is 33.4 Å². The summed E-state index contributed by atoms with van der Waals surface area (Å²) in [5, 5.41) is 7.88. The number of hydrogen-bond donors (Lipinski definition) is 0. The fourth-order valence-corrected chi connectivity index (χ4v) is 8.58. The summed E-state index contributed by atoms with van der Waals surface area (Å²) in [4.78, 5) is 0. The molecule has 0 saturated carbocycles. The van der Waals surface area contributed by atoms with Gasteiger partial charge < -0.3 is 0 Å². The van der Waals surface area contributed by atoms with Gasteiger partial charge in [-0.15, -0.1) is 11.3 Å². The van der Waals surface area contributed by atoms with Gasteiger partial charge in [0, 0.05) is 25.6 Å². The quantitative estimate of drug-likeness (QED) is 0.187. The van der Waals surface area contributed by atoms with Crippen molar-refractivity contribution in [1.29, 1.82) is 0 Å². The number of thiophene rings is 1. The average Bonchev–Trinajstić information content (AvgIpc) is 3.51. The van der Waals surface area contributed by atoms with Crippen LogP contribution in [0.3, 0.4) is 0 Å². The van der Waals surface area contributed by atoms with E-state index in [1.165, 1.54) is 86.2 Å². The van der Waals surface area contributed by atoms with E-state index in [0.717, 1.165) is 0 Å². The topological polar surface area (TPSA) is 0 Å². The van der Waals surface area contributed by atoms with E-state index in [2.05, 4.69) is 147 Å². The molecule has 42 heavy (non-hydrogen) atoms. The summed E-state index contributed by atoms with van der Waals surface area (Å²) in [6.07, 6.45) is 0. The molecule has 0 spiro atoms. The summed E-state index contributed by atoms with van der Waals surface area (Å²) < 4.78 is 2.68. The van der Waals surface area contributed by atoms with E-state index in [1.807, 2.05) is 11.3 Å². The van der Waals surface area contributed by atoms with Crippen LogP contribution in [-0.2, 0) is 5.41 Å². The molecule has 8 aromatic rings. The largest absolute Gasteiger partial charge is 0.135 e. The second-order valence-corrected chi connectivity index (χ2v) is 13.2. The molecule has 1 heteroatoms. The summed E-state index contributed by atoms with van der Waals surface area (Å²) in [7, 11) is 0. The monoisotopic (exact) mass is 552 g/mol. The highest BCUT2D eigenvalue weighted by atomic mass is 32.1. The van der Waals surface area contributed by atoms with Gasteiger partial charge in [0.05, 0.1) is 0 Å². The third kappa shape index (κ3) is 3.23. The highest BCUT2D eigenvalue weighted by Crippen LogP contribution is 2.51. The predicted octanol–water partition coefficient (Wildman–Crippen LogP) is 12.0. The van der Waals surface area contributed by atoms with Crippen molar-refractivity contribution >= 4 is 53.1 Å². The Kier molecular flexibility index (Phi) is 4.93. The third-order valence-corrected chi connectivity index (χ3v) is 10.6. The van der Waals surface area contributed by atoms with Gasteiger partial charge in [-0.2, -0.15) is 0 Å². The van der Waals surface area contributed by atoms with Gasteiger partial charge in [-0.3, -0.25) is 0 Å². The molecule has 0 N–H and O–H groups in total. The molecule has 0 aliphatic heterocycles. The third-order valence-electron chi connectivity index (χ3n) is 9.47. The lowest BCUT2D eigenvalue weighted by Gasteiger charge is -2.23. The van der Waals surface area contributed by atoms with Crippen LogP contribution < -0.4 is 0 Å². The fourth-order valence-electron chi connectivity index (χ4n) is 7.49. The van der Waals surface area contributed by atoms with Gasteiger partial charge in [-0.25, -0.2) is 0 Å². The minimum absolute atomic E-state index is 0.0355. The average molecular weight is 553 g/mol. The van der Waals surface area contributed by atoms with Gasteiger partial charge >= 0.3 is 0 Å². The Balaban J connectivity index is 1.34. The lowest BCUT2D eigenvalue weighted by atomic mass is 9.80. The molecular formula is C41H28S. The molecular weight excluding hydrogens is 525 g/mol. The van der Waals surface area contributed by atoms with E-state index < -0.39 is 0 Å². The van der Waals surface area contributed by atoms with E-state index >= 15 is 0 Å². The predicted molar refractivity (Wildman–Crippen MR) is 183 cm³/mol. The van der Waals surface area contributed by atoms with Gasteiger partial charge in [0.1, 0.15) is 0 Å². The number of benzene rings is 7. The van der Waals surface area contributed by atoms with Crippen molar-refractivity contribution in [2.24, 2.45) is 0 Å². The van der Waals surface area contributed by atoms with Crippen LogP contribution >= 0.6 is 11.3 Å². The summed E-state index contributed by atoms with van der Waals surface area (Å²) in [6, 6.07) is 49.9. The van der Waals surface area contributed by atoms with Gasteiger partial charge in [-0.05, 0) is 90.3 Å². The summed E-state index contributed by atoms with van der Waals surface area (Å²) >= 11 is 1.88. The molecule has 0 bridgehead atoms. The van der Waals surface area contributed by atoms with E-state index in [0.29, 0.717) is 0 Å². The van der Waals surface area contributed by atoms with Crippen LogP contribution in [0.1, 0.15) is 25.0 Å². The highest BCUT2D eigenvalue weighted by Gasteiger charge is 2.35. The lowest BCUT2D eigenvalue weighted by Crippen LogP contribution is -2.14. The minimum atomic E-state index is -0.0355. The second kappa shape index (κ2) is 8.64. The molecule has 1 aliphatic rings. The molecule has 0 atom stereocenters. The van der Waals surface area contributed by atoms with Crippen molar-refractivity contribution in [1.82, 2.24) is 0 Å². The van der Waals surface area contributed by atoms with Gasteiger partial charge in [-0.1, -0.05) is 123 Å². The Morgan fingerprint density at radius 1 is 0.405 bits per heavy atom.